The molecule has 15 heavy (non-hydrogen) atoms. The Morgan fingerprint density at radius 3 is 2.73 bits per heavy atom. The molecule has 0 radical (unpaired) electrons. The van der Waals surface area contributed by atoms with E-state index in [1.807, 2.05) is 12.1 Å². The zero-order chi connectivity index (χ0) is 11.3. The molecule has 4 nitrogen and oxygen atoms in total. The first kappa shape index (κ1) is 12.0. The van der Waals surface area contributed by atoms with Gasteiger partial charge in [0.15, 0.2) is 0 Å². The summed E-state index contributed by atoms with van der Waals surface area (Å²) in [4.78, 5) is 15.7. The number of carboxylic acids is 1. The smallest absolute Gasteiger partial charge is 0.323 e. The van der Waals surface area contributed by atoms with Gasteiger partial charge in [-0.05, 0) is 25.5 Å². The Labute approximate surface area is 92.9 Å². The lowest BCUT2D eigenvalue weighted by Gasteiger charge is -2.18. The van der Waals surface area contributed by atoms with E-state index in [0.717, 1.165) is 4.90 Å². The van der Waals surface area contributed by atoms with Gasteiger partial charge in [-0.3, -0.25) is 9.78 Å². The Morgan fingerprint density at radius 2 is 2.20 bits per heavy atom. The number of carbonyl (C=O) groups is 1. The maximum atomic E-state index is 10.7. The van der Waals surface area contributed by atoms with Gasteiger partial charge in [0.2, 0.25) is 0 Å². The highest BCUT2D eigenvalue weighted by Crippen LogP contribution is 2.20. The fourth-order valence-electron chi connectivity index (χ4n) is 0.922. The highest BCUT2D eigenvalue weighted by molar-refractivity contribution is 7.99. The average Bonchev–Trinajstić information content (AvgIpc) is 2.19. The van der Waals surface area contributed by atoms with Gasteiger partial charge in [0.25, 0.3) is 0 Å². The maximum Gasteiger partial charge on any atom is 0.323 e. The van der Waals surface area contributed by atoms with Crippen LogP contribution in [0.5, 0.6) is 0 Å². The molecule has 1 atom stereocenters. The maximum absolute atomic E-state index is 10.7. The summed E-state index contributed by atoms with van der Waals surface area (Å²) in [5, 5.41) is 8.79. The van der Waals surface area contributed by atoms with E-state index in [1.54, 1.807) is 24.2 Å². The summed E-state index contributed by atoms with van der Waals surface area (Å²) in [5.74, 6) is -0.277. The second-order valence-electron chi connectivity index (χ2n) is 3.50. The van der Waals surface area contributed by atoms with Crippen molar-refractivity contribution in [2.24, 2.45) is 5.73 Å². The van der Waals surface area contributed by atoms with Crippen molar-refractivity contribution in [2.75, 3.05) is 5.75 Å². The molecule has 3 N–H and O–H groups in total. The monoisotopic (exact) mass is 226 g/mol. The van der Waals surface area contributed by atoms with E-state index >= 15 is 0 Å². The molecule has 1 heterocycles. The summed E-state index contributed by atoms with van der Waals surface area (Å²) in [6.45, 7) is 1.53. The van der Waals surface area contributed by atoms with Crippen molar-refractivity contribution in [1.82, 2.24) is 4.98 Å². The van der Waals surface area contributed by atoms with Crippen LogP contribution in [-0.2, 0) is 4.79 Å². The quantitative estimate of drug-likeness (QED) is 0.741. The van der Waals surface area contributed by atoms with Crippen molar-refractivity contribution in [3.8, 4) is 0 Å². The fraction of sp³-hybridized carbons (Fsp3) is 0.400. The lowest BCUT2D eigenvalue weighted by atomic mass is 10.0. The topological polar surface area (TPSA) is 76.2 Å². The minimum Gasteiger partial charge on any atom is -0.480 e. The van der Waals surface area contributed by atoms with Gasteiger partial charge in [0, 0.05) is 23.0 Å². The van der Waals surface area contributed by atoms with Crippen molar-refractivity contribution >= 4 is 17.7 Å². The predicted molar refractivity (Wildman–Crippen MR) is 59.8 cm³/mol. The third-order valence-electron chi connectivity index (χ3n) is 2.03. The lowest BCUT2D eigenvalue weighted by Crippen LogP contribution is -2.45. The lowest BCUT2D eigenvalue weighted by molar-refractivity contribution is -0.142. The number of rotatable bonds is 5. The van der Waals surface area contributed by atoms with Crippen LogP contribution >= 0.6 is 11.8 Å². The van der Waals surface area contributed by atoms with E-state index in [2.05, 4.69) is 4.98 Å². The summed E-state index contributed by atoms with van der Waals surface area (Å²) in [5.41, 5.74) is 4.46. The Kier molecular flexibility index (Phi) is 4.11. The number of nitrogens with zero attached hydrogens (tertiary/aromatic N) is 1. The third kappa shape index (κ3) is 3.89. The molecule has 1 rings (SSSR count). The number of aromatic nitrogens is 1. The first-order chi connectivity index (χ1) is 7.02. The van der Waals surface area contributed by atoms with Gasteiger partial charge in [-0.1, -0.05) is 0 Å². The first-order valence-electron chi connectivity index (χ1n) is 4.57. The highest BCUT2D eigenvalue weighted by Gasteiger charge is 2.26. The van der Waals surface area contributed by atoms with E-state index in [0.29, 0.717) is 12.2 Å². The fourth-order valence-corrected chi connectivity index (χ4v) is 2.00. The molecule has 0 aliphatic rings. The molecule has 0 fully saturated rings. The summed E-state index contributed by atoms with van der Waals surface area (Å²) in [6.07, 6.45) is 3.86. The summed E-state index contributed by atoms with van der Waals surface area (Å²) in [6, 6.07) is 3.78. The van der Waals surface area contributed by atoms with Crippen LogP contribution in [0.2, 0.25) is 0 Å². The number of thioether (sulfide) groups is 1. The minimum atomic E-state index is -1.14. The Balaban J connectivity index is 2.37. The standard InChI is InChI=1S/C10H14N2O2S/c1-10(11,9(13)14)4-7-15-8-2-5-12-6-3-8/h2-3,5-6H,4,7,11H2,1H3,(H,13,14). The molecule has 82 valence electrons. The summed E-state index contributed by atoms with van der Waals surface area (Å²) in [7, 11) is 0. The van der Waals surface area contributed by atoms with E-state index in [9.17, 15) is 4.79 Å². The molecular formula is C10H14N2O2S. The molecule has 0 amide bonds. The second-order valence-corrected chi connectivity index (χ2v) is 4.67. The number of pyridine rings is 1. The van der Waals surface area contributed by atoms with Crippen molar-refractivity contribution in [3.63, 3.8) is 0 Å². The van der Waals surface area contributed by atoms with Gasteiger partial charge < -0.3 is 10.8 Å². The van der Waals surface area contributed by atoms with Gasteiger partial charge in [-0.2, -0.15) is 0 Å². The van der Waals surface area contributed by atoms with E-state index in [1.165, 1.54) is 6.92 Å². The number of aliphatic carboxylic acids is 1. The van der Waals surface area contributed by atoms with Gasteiger partial charge >= 0.3 is 5.97 Å². The number of carboxylic acid groups (broad SMARTS) is 1. The first-order valence-corrected chi connectivity index (χ1v) is 5.56. The van der Waals surface area contributed by atoms with Crippen LogP contribution in [0.3, 0.4) is 0 Å². The van der Waals surface area contributed by atoms with Crippen molar-refractivity contribution < 1.29 is 9.90 Å². The van der Waals surface area contributed by atoms with Crippen LogP contribution < -0.4 is 5.73 Å². The van der Waals surface area contributed by atoms with E-state index in [4.69, 9.17) is 10.8 Å². The van der Waals surface area contributed by atoms with Gasteiger partial charge in [-0.25, -0.2) is 0 Å². The van der Waals surface area contributed by atoms with Crippen LogP contribution in [0.15, 0.2) is 29.4 Å². The Bertz CT molecular complexity index is 327. The molecule has 1 aromatic heterocycles. The molecule has 0 saturated heterocycles. The second kappa shape index (κ2) is 5.14. The number of nitrogens with two attached hydrogens (primary N) is 1. The largest absolute Gasteiger partial charge is 0.480 e. The minimum absolute atomic E-state index is 0.440. The zero-order valence-corrected chi connectivity index (χ0v) is 9.33. The van der Waals surface area contributed by atoms with Crippen LogP contribution in [0, 0.1) is 0 Å². The third-order valence-corrected chi connectivity index (χ3v) is 3.04. The molecule has 5 heteroatoms. The average molecular weight is 226 g/mol. The van der Waals surface area contributed by atoms with Gasteiger partial charge in [0.05, 0.1) is 0 Å². The predicted octanol–water partition coefficient (Wildman–Crippen LogP) is 1.37. The zero-order valence-electron chi connectivity index (χ0n) is 8.51. The van der Waals surface area contributed by atoms with Gasteiger partial charge in [-0.15, -0.1) is 11.8 Å². The van der Waals surface area contributed by atoms with Crippen molar-refractivity contribution in [1.29, 1.82) is 0 Å². The van der Waals surface area contributed by atoms with Crippen LogP contribution in [0.25, 0.3) is 0 Å². The summed E-state index contributed by atoms with van der Waals surface area (Å²) >= 11 is 1.58. The molecule has 0 aliphatic heterocycles. The van der Waals surface area contributed by atoms with Crippen LogP contribution in [0.1, 0.15) is 13.3 Å². The molecule has 1 unspecified atom stereocenters. The molecule has 0 aromatic carbocycles. The molecule has 0 saturated carbocycles. The van der Waals surface area contributed by atoms with E-state index in [-0.39, 0.29) is 0 Å². The van der Waals surface area contributed by atoms with Gasteiger partial charge in [0.1, 0.15) is 5.54 Å². The highest BCUT2D eigenvalue weighted by atomic mass is 32.2. The molecule has 0 spiro atoms. The van der Waals surface area contributed by atoms with Crippen molar-refractivity contribution in [2.45, 2.75) is 23.8 Å². The normalized spacial score (nSPS) is 14.5. The summed E-state index contributed by atoms with van der Waals surface area (Å²) < 4.78 is 0. The Hall–Kier alpha value is -1.07. The number of hydrogen-bond donors (Lipinski definition) is 2. The van der Waals surface area contributed by atoms with E-state index < -0.39 is 11.5 Å². The SMILES string of the molecule is CC(N)(CCSc1ccncc1)C(=O)O. The molecule has 1 aromatic rings. The Morgan fingerprint density at radius 1 is 1.60 bits per heavy atom. The van der Waals surface area contributed by atoms with Crippen LogP contribution in [-0.4, -0.2) is 27.4 Å². The molecule has 0 bridgehead atoms. The molecular weight excluding hydrogens is 212 g/mol. The number of hydrogen-bond acceptors (Lipinski definition) is 4. The molecule has 0 aliphatic carbocycles. The van der Waals surface area contributed by atoms with Crippen LogP contribution in [0.4, 0.5) is 0 Å². The van der Waals surface area contributed by atoms with Crippen molar-refractivity contribution in [3.05, 3.63) is 24.5 Å².